The fraction of sp³-hybridized carbons (Fsp3) is 0.294. The van der Waals surface area contributed by atoms with Gasteiger partial charge >= 0.3 is 6.18 Å². The van der Waals surface area contributed by atoms with Crippen molar-refractivity contribution in [1.29, 1.82) is 0 Å². The summed E-state index contributed by atoms with van der Waals surface area (Å²) in [5.41, 5.74) is 2.87. The highest BCUT2D eigenvalue weighted by Gasteiger charge is 2.41. The van der Waals surface area contributed by atoms with E-state index in [1.807, 2.05) is 18.2 Å². The van der Waals surface area contributed by atoms with E-state index in [1.54, 1.807) is 29.0 Å². The first-order chi connectivity index (χ1) is 11.9. The van der Waals surface area contributed by atoms with Crippen molar-refractivity contribution in [3.05, 3.63) is 59.0 Å². The molecule has 2 atom stereocenters. The van der Waals surface area contributed by atoms with Crippen LogP contribution in [-0.2, 0) is 0 Å². The number of rotatable bonds is 4. The third-order valence-electron chi connectivity index (χ3n) is 4.26. The second-order valence-electron chi connectivity index (χ2n) is 6.04. The van der Waals surface area contributed by atoms with E-state index in [0.29, 0.717) is 5.15 Å². The van der Waals surface area contributed by atoms with Crippen molar-refractivity contribution in [2.24, 2.45) is 0 Å². The van der Waals surface area contributed by atoms with E-state index in [4.69, 9.17) is 16.3 Å². The molecule has 4 nitrogen and oxygen atoms in total. The zero-order valence-electron chi connectivity index (χ0n) is 12.9. The van der Waals surface area contributed by atoms with Gasteiger partial charge in [-0.05, 0) is 42.0 Å². The van der Waals surface area contributed by atoms with Gasteiger partial charge in [0, 0.05) is 18.0 Å². The summed E-state index contributed by atoms with van der Waals surface area (Å²) in [6, 6.07) is 8.58. The Morgan fingerprint density at radius 2 is 1.96 bits per heavy atom. The summed E-state index contributed by atoms with van der Waals surface area (Å²) in [5, 5.41) is 4.57. The molecule has 4 rings (SSSR count). The number of hydrogen-bond donors (Lipinski definition) is 0. The Bertz CT molecular complexity index is 908. The molecule has 2 aromatic heterocycles. The van der Waals surface area contributed by atoms with Crippen molar-refractivity contribution in [3.8, 4) is 5.75 Å². The van der Waals surface area contributed by atoms with Gasteiger partial charge in [0.15, 0.2) is 12.3 Å². The van der Waals surface area contributed by atoms with Gasteiger partial charge in [0.2, 0.25) is 0 Å². The third kappa shape index (κ3) is 3.42. The number of imidazole rings is 1. The monoisotopic (exact) mass is 367 g/mol. The minimum absolute atomic E-state index is 0.209. The Morgan fingerprint density at radius 1 is 1.20 bits per heavy atom. The van der Waals surface area contributed by atoms with E-state index in [9.17, 15) is 13.2 Å². The van der Waals surface area contributed by atoms with Crippen LogP contribution < -0.4 is 4.74 Å². The molecule has 0 N–H and O–H groups in total. The second-order valence-corrected chi connectivity index (χ2v) is 6.43. The molecule has 0 unspecified atom stereocenters. The number of nitrogens with zero attached hydrogens (tertiary/aromatic N) is 3. The molecule has 0 aliphatic heterocycles. The maximum absolute atomic E-state index is 12.2. The number of fused-ring (bicyclic) bond motifs is 1. The zero-order chi connectivity index (χ0) is 17.6. The minimum Gasteiger partial charge on any atom is -0.484 e. The molecule has 0 spiro atoms. The van der Waals surface area contributed by atoms with E-state index >= 15 is 0 Å². The highest BCUT2D eigenvalue weighted by atomic mass is 35.5. The molecular formula is C17H13ClF3N3O. The molecule has 0 radical (unpaired) electrons. The maximum atomic E-state index is 12.2. The third-order valence-corrected chi connectivity index (χ3v) is 4.44. The topological polar surface area (TPSA) is 39.4 Å². The van der Waals surface area contributed by atoms with Gasteiger partial charge in [0.05, 0.1) is 0 Å². The molecule has 1 fully saturated rings. The van der Waals surface area contributed by atoms with Gasteiger partial charge < -0.3 is 4.74 Å². The van der Waals surface area contributed by atoms with Gasteiger partial charge in [0.25, 0.3) is 0 Å². The van der Waals surface area contributed by atoms with Crippen LogP contribution >= 0.6 is 11.6 Å². The van der Waals surface area contributed by atoms with Crippen molar-refractivity contribution in [3.63, 3.8) is 0 Å². The Kier molecular flexibility index (Phi) is 3.83. The van der Waals surface area contributed by atoms with Crippen LogP contribution in [0.15, 0.2) is 42.7 Å². The van der Waals surface area contributed by atoms with E-state index in [-0.39, 0.29) is 17.6 Å². The van der Waals surface area contributed by atoms with Gasteiger partial charge in [-0.1, -0.05) is 23.7 Å². The molecule has 0 saturated heterocycles. The Balaban J connectivity index is 1.50. The molecule has 0 bridgehead atoms. The molecule has 1 saturated carbocycles. The molecule has 8 heteroatoms. The van der Waals surface area contributed by atoms with Crippen LogP contribution in [0.5, 0.6) is 5.75 Å². The average molecular weight is 368 g/mol. The predicted octanol–water partition coefficient (Wildman–Crippen LogP) is 4.59. The normalized spacial score (nSPS) is 20.0. The summed E-state index contributed by atoms with van der Waals surface area (Å²) < 4.78 is 42.9. The molecule has 1 aliphatic rings. The van der Waals surface area contributed by atoms with Crippen LogP contribution in [0, 0.1) is 0 Å². The lowest BCUT2D eigenvalue weighted by Crippen LogP contribution is -2.19. The number of benzene rings is 1. The lowest BCUT2D eigenvalue weighted by molar-refractivity contribution is -0.153. The van der Waals surface area contributed by atoms with Gasteiger partial charge in [-0.15, -0.1) is 0 Å². The first-order valence-electron chi connectivity index (χ1n) is 7.70. The predicted molar refractivity (Wildman–Crippen MR) is 86.1 cm³/mol. The quantitative estimate of drug-likeness (QED) is 0.676. The average Bonchev–Trinajstić information content (AvgIpc) is 3.22. The summed E-state index contributed by atoms with van der Waals surface area (Å²) in [6.07, 6.45) is 0.0171. The fourth-order valence-corrected chi connectivity index (χ4v) is 3.26. The van der Waals surface area contributed by atoms with Gasteiger partial charge in [-0.25, -0.2) is 9.50 Å². The minimum atomic E-state index is -4.34. The van der Waals surface area contributed by atoms with Gasteiger partial charge in [-0.3, -0.25) is 0 Å². The van der Waals surface area contributed by atoms with Crippen LogP contribution in [0.1, 0.15) is 29.4 Å². The van der Waals surface area contributed by atoms with Crippen LogP contribution in [0.25, 0.3) is 5.65 Å². The molecule has 1 aliphatic carbocycles. The lowest BCUT2D eigenvalue weighted by atomic mass is 10.1. The first kappa shape index (κ1) is 16.2. The molecular weight excluding hydrogens is 355 g/mol. The molecule has 2 heterocycles. The largest absolute Gasteiger partial charge is 0.484 e. The summed E-state index contributed by atoms with van der Waals surface area (Å²) in [7, 11) is 0. The Hall–Kier alpha value is -2.28. The molecule has 0 amide bonds. The first-order valence-corrected chi connectivity index (χ1v) is 8.08. The highest BCUT2D eigenvalue weighted by Crippen LogP contribution is 2.55. The van der Waals surface area contributed by atoms with E-state index in [2.05, 4.69) is 10.1 Å². The van der Waals surface area contributed by atoms with Crippen molar-refractivity contribution in [2.75, 3.05) is 6.61 Å². The van der Waals surface area contributed by atoms with Gasteiger partial charge in [-0.2, -0.15) is 18.3 Å². The highest BCUT2D eigenvalue weighted by molar-refractivity contribution is 6.29. The standard InChI is InChI=1S/C17H13ClF3N3O/c18-15-8-14(16-22-5-6-24(16)23-15)13-7-12(13)10-1-3-11(4-2-10)25-9-17(19,20)21/h1-6,8,12-13H,7,9H2/t12-,13+/m1/s1. The summed E-state index contributed by atoms with van der Waals surface area (Å²) >= 11 is 6.07. The van der Waals surface area contributed by atoms with Crippen LogP contribution in [0.2, 0.25) is 5.15 Å². The van der Waals surface area contributed by atoms with Crippen LogP contribution in [0.3, 0.4) is 0 Å². The van der Waals surface area contributed by atoms with Crippen molar-refractivity contribution >= 4 is 17.2 Å². The van der Waals surface area contributed by atoms with Crippen LogP contribution in [-0.4, -0.2) is 27.4 Å². The smallest absolute Gasteiger partial charge is 0.422 e. The second kappa shape index (κ2) is 5.91. The fourth-order valence-electron chi connectivity index (χ4n) is 3.07. The van der Waals surface area contributed by atoms with E-state index in [0.717, 1.165) is 23.2 Å². The van der Waals surface area contributed by atoms with Crippen molar-refractivity contribution in [1.82, 2.24) is 14.6 Å². The summed E-state index contributed by atoms with van der Waals surface area (Å²) in [5.74, 6) is 0.767. The summed E-state index contributed by atoms with van der Waals surface area (Å²) in [4.78, 5) is 4.33. The van der Waals surface area contributed by atoms with E-state index < -0.39 is 12.8 Å². The Morgan fingerprint density at radius 3 is 2.68 bits per heavy atom. The van der Waals surface area contributed by atoms with Crippen LogP contribution in [0.4, 0.5) is 13.2 Å². The maximum Gasteiger partial charge on any atom is 0.422 e. The number of ether oxygens (including phenoxy) is 1. The number of aromatic nitrogens is 3. The zero-order valence-corrected chi connectivity index (χ0v) is 13.6. The summed E-state index contributed by atoms with van der Waals surface area (Å²) in [6.45, 7) is -1.29. The number of alkyl halides is 3. The number of hydrogen-bond acceptors (Lipinski definition) is 3. The number of halogens is 4. The molecule has 1 aromatic carbocycles. The lowest BCUT2D eigenvalue weighted by Gasteiger charge is -2.09. The molecule has 130 valence electrons. The molecule has 3 aromatic rings. The Labute approximate surface area is 146 Å². The van der Waals surface area contributed by atoms with Gasteiger partial charge in [0.1, 0.15) is 10.9 Å². The van der Waals surface area contributed by atoms with E-state index in [1.165, 1.54) is 0 Å². The SMILES string of the molecule is FC(F)(F)COc1ccc([C@H]2C[C@@H]2c2cc(Cl)nn3ccnc23)cc1. The van der Waals surface area contributed by atoms with Crippen molar-refractivity contribution < 1.29 is 17.9 Å². The van der Waals surface area contributed by atoms with Crippen molar-refractivity contribution in [2.45, 2.75) is 24.4 Å². The molecule has 25 heavy (non-hydrogen) atoms.